The van der Waals surface area contributed by atoms with Crippen LogP contribution in [0, 0.1) is 0 Å². The fourth-order valence-electron chi connectivity index (χ4n) is 3.33. The molecule has 0 bridgehead atoms. The SMILES string of the molecule is CCOc1ccc(NC(=O)CSc2nnc(COc3ccccc3OC)n2-c2ccccc2)cc1. The van der Waals surface area contributed by atoms with Crippen LogP contribution in [0.5, 0.6) is 17.2 Å². The van der Waals surface area contributed by atoms with Gasteiger partial charge in [-0.15, -0.1) is 10.2 Å². The smallest absolute Gasteiger partial charge is 0.234 e. The van der Waals surface area contributed by atoms with E-state index in [1.54, 1.807) is 7.11 Å². The van der Waals surface area contributed by atoms with Gasteiger partial charge in [-0.05, 0) is 55.5 Å². The van der Waals surface area contributed by atoms with Gasteiger partial charge >= 0.3 is 0 Å². The average Bonchev–Trinajstić information content (AvgIpc) is 3.31. The summed E-state index contributed by atoms with van der Waals surface area (Å²) in [6.45, 7) is 2.70. The maximum atomic E-state index is 12.6. The van der Waals surface area contributed by atoms with Crippen LogP contribution in [0.1, 0.15) is 12.7 Å². The lowest BCUT2D eigenvalue weighted by Gasteiger charge is -2.12. The van der Waals surface area contributed by atoms with E-state index in [-0.39, 0.29) is 18.3 Å². The molecule has 0 atom stereocenters. The molecule has 0 spiro atoms. The van der Waals surface area contributed by atoms with Crippen LogP contribution in [0.3, 0.4) is 0 Å². The second-order valence-corrected chi connectivity index (χ2v) is 8.25. The third-order valence-corrected chi connectivity index (χ3v) is 5.85. The van der Waals surface area contributed by atoms with E-state index in [0.717, 1.165) is 11.4 Å². The van der Waals surface area contributed by atoms with E-state index in [9.17, 15) is 4.79 Å². The van der Waals surface area contributed by atoms with Crippen LogP contribution in [-0.2, 0) is 11.4 Å². The van der Waals surface area contributed by atoms with E-state index in [2.05, 4.69) is 15.5 Å². The molecule has 1 aromatic heterocycles. The zero-order chi connectivity index (χ0) is 24.5. The van der Waals surface area contributed by atoms with Crippen LogP contribution in [0.15, 0.2) is 84.0 Å². The standard InChI is InChI=1S/C26H26N4O4S/c1-3-33-21-15-13-19(14-16-21)27-25(31)18-35-26-29-28-24(30(26)20-9-5-4-6-10-20)17-34-23-12-8-7-11-22(23)32-2/h4-16H,3,17-18H2,1-2H3,(H,27,31). The summed E-state index contributed by atoms with van der Waals surface area (Å²) in [6, 6.07) is 24.4. The lowest BCUT2D eigenvalue weighted by Crippen LogP contribution is -2.14. The van der Waals surface area contributed by atoms with E-state index in [0.29, 0.717) is 34.8 Å². The van der Waals surface area contributed by atoms with E-state index in [1.807, 2.05) is 90.4 Å². The molecule has 1 N–H and O–H groups in total. The van der Waals surface area contributed by atoms with E-state index in [1.165, 1.54) is 11.8 Å². The highest BCUT2D eigenvalue weighted by Crippen LogP contribution is 2.28. The lowest BCUT2D eigenvalue weighted by atomic mass is 10.3. The zero-order valence-electron chi connectivity index (χ0n) is 19.5. The Morgan fingerprint density at radius 2 is 1.63 bits per heavy atom. The van der Waals surface area contributed by atoms with Crippen LogP contribution in [0.4, 0.5) is 5.69 Å². The molecule has 35 heavy (non-hydrogen) atoms. The molecule has 1 amide bonds. The van der Waals surface area contributed by atoms with E-state index in [4.69, 9.17) is 14.2 Å². The van der Waals surface area contributed by atoms with Gasteiger partial charge in [0, 0.05) is 11.4 Å². The van der Waals surface area contributed by atoms with Gasteiger partial charge in [0.25, 0.3) is 0 Å². The number of rotatable bonds is 11. The average molecular weight is 491 g/mol. The van der Waals surface area contributed by atoms with Crippen LogP contribution in [0.2, 0.25) is 0 Å². The van der Waals surface area contributed by atoms with Crippen molar-refractivity contribution in [1.82, 2.24) is 14.8 Å². The number of aromatic nitrogens is 3. The largest absolute Gasteiger partial charge is 0.494 e. The Morgan fingerprint density at radius 1 is 0.914 bits per heavy atom. The summed E-state index contributed by atoms with van der Waals surface area (Å²) in [6.07, 6.45) is 0. The molecule has 0 saturated heterocycles. The highest BCUT2D eigenvalue weighted by Gasteiger charge is 2.17. The number of thioether (sulfide) groups is 1. The quantitative estimate of drug-likeness (QED) is 0.297. The van der Waals surface area contributed by atoms with Crippen LogP contribution >= 0.6 is 11.8 Å². The predicted octanol–water partition coefficient (Wildman–Crippen LogP) is 4.98. The first-order chi connectivity index (χ1) is 17.2. The van der Waals surface area contributed by atoms with Gasteiger partial charge in [-0.2, -0.15) is 0 Å². The van der Waals surface area contributed by atoms with Crippen LogP contribution in [-0.4, -0.2) is 40.1 Å². The third-order valence-electron chi connectivity index (χ3n) is 4.92. The Labute approximate surface area is 208 Å². The zero-order valence-corrected chi connectivity index (χ0v) is 20.3. The Morgan fingerprint density at radius 3 is 2.34 bits per heavy atom. The van der Waals surface area contributed by atoms with Gasteiger partial charge < -0.3 is 19.5 Å². The third kappa shape index (κ3) is 6.33. The summed E-state index contributed by atoms with van der Waals surface area (Å²) in [7, 11) is 1.60. The molecule has 9 heteroatoms. The van der Waals surface area contributed by atoms with Gasteiger partial charge in [0.2, 0.25) is 5.91 Å². The van der Waals surface area contributed by atoms with Crippen molar-refractivity contribution in [3.63, 3.8) is 0 Å². The van der Waals surface area contributed by atoms with Crippen LogP contribution < -0.4 is 19.5 Å². The monoisotopic (exact) mass is 490 g/mol. The minimum atomic E-state index is -0.145. The highest BCUT2D eigenvalue weighted by atomic mass is 32.2. The molecular weight excluding hydrogens is 464 g/mol. The number of carbonyl (C=O) groups is 1. The number of carbonyl (C=O) groups excluding carboxylic acids is 1. The molecule has 4 aromatic rings. The van der Waals surface area contributed by atoms with Crippen LogP contribution in [0.25, 0.3) is 5.69 Å². The second kappa shape index (κ2) is 11.9. The minimum Gasteiger partial charge on any atom is -0.494 e. The van der Waals surface area contributed by atoms with Gasteiger partial charge in [0.05, 0.1) is 19.5 Å². The molecule has 0 unspecified atom stereocenters. The van der Waals surface area contributed by atoms with E-state index >= 15 is 0 Å². The Hall–Kier alpha value is -3.98. The Kier molecular flexibility index (Phi) is 8.24. The summed E-state index contributed by atoms with van der Waals surface area (Å²) in [5.41, 5.74) is 1.58. The number of methoxy groups -OCH3 is 1. The number of anilines is 1. The van der Waals surface area contributed by atoms with Gasteiger partial charge in [-0.3, -0.25) is 9.36 Å². The van der Waals surface area contributed by atoms with Gasteiger partial charge in [-0.25, -0.2) is 0 Å². The molecule has 0 fully saturated rings. The first-order valence-corrected chi connectivity index (χ1v) is 12.1. The maximum Gasteiger partial charge on any atom is 0.234 e. The van der Waals surface area contributed by atoms with Gasteiger partial charge in [0.1, 0.15) is 12.4 Å². The molecule has 0 radical (unpaired) electrons. The van der Waals surface area contributed by atoms with Crippen molar-refractivity contribution in [3.8, 4) is 22.9 Å². The van der Waals surface area contributed by atoms with Gasteiger partial charge in [0.15, 0.2) is 22.5 Å². The molecule has 180 valence electrons. The van der Waals surface area contributed by atoms with Gasteiger partial charge in [-0.1, -0.05) is 42.1 Å². The topological polar surface area (TPSA) is 87.5 Å². The summed E-state index contributed by atoms with van der Waals surface area (Å²) in [5, 5.41) is 12.1. The number of amides is 1. The number of para-hydroxylation sites is 3. The highest BCUT2D eigenvalue weighted by molar-refractivity contribution is 7.99. The van der Waals surface area contributed by atoms with E-state index < -0.39 is 0 Å². The molecule has 0 aliphatic rings. The molecule has 3 aromatic carbocycles. The molecule has 1 heterocycles. The normalized spacial score (nSPS) is 10.6. The summed E-state index contributed by atoms with van der Waals surface area (Å²) >= 11 is 1.30. The second-order valence-electron chi connectivity index (χ2n) is 7.30. The van der Waals surface area contributed by atoms with Crippen molar-refractivity contribution in [2.24, 2.45) is 0 Å². The number of nitrogens with zero attached hydrogens (tertiary/aromatic N) is 3. The number of hydrogen-bond acceptors (Lipinski definition) is 7. The molecule has 0 aliphatic carbocycles. The maximum absolute atomic E-state index is 12.6. The number of hydrogen-bond donors (Lipinski definition) is 1. The van der Waals surface area contributed by atoms with Crippen molar-refractivity contribution < 1.29 is 19.0 Å². The summed E-state index contributed by atoms with van der Waals surface area (Å²) < 4.78 is 18.7. The number of ether oxygens (including phenoxy) is 3. The molecule has 4 rings (SSSR count). The Bertz CT molecular complexity index is 1250. The minimum absolute atomic E-state index is 0.145. The van der Waals surface area contributed by atoms with Crippen molar-refractivity contribution >= 4 is 23.4 Å². The number of nitrogens with one attached hydrogen (secondary N) is 1. The van der Waals surface area contributed by atoms with Crippen molar-refractivity contribution in [2.45, 2.75) is 18.7 Å². The molecule has 8 nitrogen and oxygen atoms in total. The fraction of sp³-hybridized carbons (Fsp3) is 0.192. The Balaban J connectivity index is 1.46. The predicted molar refractivity (Wildman–Crippen MR) is 136 cm³/mol. The molecular formula is C26H26N4O4S. The molecule has 0 saturated carbocycles. The summed E-state index contributed by atoms with van der Waals surface area (Å²) in [5.74, 6) is 2.65. The number of benzene rings is 3. The first-order valence-electron chi connectivity index (χ1n) is 11.1. The fourth-order valence-corrected chi connectivity index (χ4v) is 4.10. The first kappa shape index (κ1) is 24.2. The van der Waals surface area contributed by atoms with Crippen molar-refractivity contribution in [1.29, 1.82) is 0 Å². The van der Waals surface area contributed by atoms with Crippen molar-refractivity contribution in [2.75, 3.05) is 24.8 Å². The molecule has 0 aliphatic heterocycles. The summed E-state index contributed by atoms with van der Waals surface area (Å²) in [4.78, 5) is 12.6. The lowest BCUT2D eigenvalue weighted by molar-refractivity contribution is -0.113. The van der Waals surface area contributed by atoms with Crippen molar-refractivity contribution in [3.05, 3.63) is 84.7 Å².